The summed E-state index contributed by atoms with van der Waals surface area (Å²) in [4.78, 5) is 14.3. The molecule has 1 aliphatic heterocycles. The normalized spacial score (nSPS) is 19.3. The molecule has 100 valence electrons. The Hall–Kier alpha value is -1.81. The minimum absolute atomic E-state index is 0.0228. The Morgan fingerprint density at radius 3 is 2.89 bits per heavy atom. The molecule has 1 aromatic heterocycles. The molecule has 0 aliphatic carbocycles. The van der Waals surface area contributed by atoms with Crippen LogP contribution in [0.5, 0.6) is 0 Å². The zero-order valence-electron chi connectivity index (χ0n) is 11.0. The summed E-state index contributed by atoms with van der Waals surface area (Å²) in [5.41, 5.74) is 1.81. The van der Waals surface area contributed by atoms with Gasteiger partial charge in [-0.3, -0.25) is 4.79 Å². The molecular formula is C15H18N2O2. The highest BCUT2D eigenvalue weighted by Gasteiger charge is 2.27. The Labute approximate surface area is 112 Å². The second-order valence-corrected chi connectivity index (χ2v) is 5.03. The van der Waals surface area contributed by atoms with E-state index in [9.17, 15) is 9.90 Å². The third-order valence-corrected chi connectivity index (χ3v) is 3.80. The number of β-amino-alcohol motifs (C(OH)–C–C–N with tert-alkyl or cyclic N) is 1. The van der Waals surface area contributed by atoms with Gasteiger partial charge in [-0.2, -0.15) is 0 Å². The molecule has 0 unspecified atom stereocenters. The van der Waals surface area contributed by atoms with Gasteiger partial charge in [0.2, 0.25) is 0 Å². The first-order valence-electron chi connectivity index (χ1n) is 6.76. The van der Waals surface area contributed by atoms with Gasteiger partial charge in [0.1, 0.15) is 5.69 Å². The smallest absolute Gasteiger partial charge is 0.270 e. The summed E-state index contributed by atoms with van der Waals surface area (Å²) < 4.78 is 2.04. The van der Waals surface area contributed by atoms with E-state index in [0.717, 1.165) is 23.1 Å². The van der Waals surface area contributed by atoms with Crippen molar-refractivity contribution >= 4 is 16.8 Å². The van der Waals surface area contributed by atoms with Gasteiger partial charge in [0.05, 0.1) is 6.10 Å². The van der Waals surface area contributed by atoms with E-state index in [2.05, 4.69) is 0 Å². The van der Waals surface area contributed by atoms with Crippen LogP contribution in [0, 0.1) is 0 Å². The molecule has 4 nitrogen and oxygen atoms in total. The molecule has 1 aromatic carbocycles. The predicted octanol–water partition coefficient (Wildman–Crippen LogP) is 1.87. The van der Waals surface area contributed by atoms with Crippen molar-refractivity contribution in [3.05, 3.63) is 36.0 Å². The number of para-hydroxylation sites is 1. The second-order valence-electron chi connectivity index (χ2n) is 5.03. The molecule has 0 spiro atoms. The average molecular weight is 258 g/mol. The number of rotatable bonds is 2. The molecule has 1 amide bonds. The number of carbonyl (C=O) groups excluding carboxylic acids is 1. The number of aliphatic hydroxyl groups is 1. The van der Waals surface area contributed by atoms with Gasteiger partial charge in [0.15, 0.2) is 0 Å². The van der Waals surface area contributed by atoms with Gasteiger partial charge in [-0.25, -0.2) is 0 Å². The van der Waals surface area contributed by atoms with Crippen LogP contribution in [0.2, 0.25) is 0 Å². The molecule has 0 saturated carbocycles. The van der Waals surface area contributed by atoms with Crippen molar-refractivity contribution in [1.82, 2.24) is 9.47 Å². The van der Waals surface area contributed by atoms with Crippen molar-refractivity contribution in [3.63, 3.8) is 0 Å². The molecular weight excluding hydrogens is 240 g/mol. The van der Waals surface area contributed by atoms with Crippen molar-refractivity contribution in [1.29, 1.82) is 0 Å². The van der Waals surface area contributed by atoms with E-state index in [-0.39, 0.29) is 12.0 Å². The number of benzene rings is 1. The SMILES string of the molecule is CCn1c(C(=O)N2CC[C@@H](O)C2)cc2ccccc21. The molecule has 1 fully saturated rings. The number of amides is 1. The maximum Gasteiger partial charge on any atom is 0.270 e. The summed E-state index contributed by atoms with van der Waals surface area (Å²) in [6.07, 6.45) is 0.307. The molecule has 1 atom stereocenters. The fourth-order valence-corrected chi connectivity index (χ4v) is 2.82. The van der Waals surface area contributed by atoms with Crippen LogP contribution in [0.4, 0.5) is 0 Å². The molecule has 19 heavy (non-hydrogen) atoms. The van der Waals surface area contributed by atoms with Gasteiger partial charge in [-0.15, -0.1) is 0 Å². The van der Waals surface area contributed by atoms with E-state index in [4.69, 9.17) is 0 Å². The highest BCUT2D eigenvalue weighted by atomic mass is 16.3. The summed E-state index contributed by atoms with van der Waals surface area (Å²) >= 11 is 0. The van der Waals surface area contributed by atoms with Crippen LogP contribution in [0.1, 0.15) is 23.8 Å². The van der Waals surface area contributed by atoms with Gasteiger partial charge in [0.25, 0.3) is 5.91 Å². The summed E-state index contributed by atoms with van der Waals surface area (Å²) in [6, 6.07) is 9.98. The Morgan fingerprint density at radius 2 is 2.21 bits per heavy atom. The van der Waals surface area contributed by atoms with Crippen LogP contribution in [-0.2, 0) is 6.54 Å². The topological polar surface area (TPSA) is 45.5 Å². The summed E-state index contributed by atoms with van der Waals surface area (Å²) in [7, 11) is 0. The Bertz CT molecular complexity index is 618. The van der Waals surface area contributed by atoms with Gasteiger partial charge in [-0.1, -0.05) is 18.2 Å². The maximum absolute atomic E-state index is 12.5. The number of aromatic nitrogens is 1. The zero-order chi connectivity index (χ0) is 13.4. The molecule has 2 aromatic rings. The molecule has 1 saturated heterocycles. The number of likely N-dealkylation sites (tertiary alicyclic amines) is 1. The molecule has 1 aliphatic rings. The Kier molecular flexibility index (Phi) is 3.03. The first kappa shape index (κ1) is 12.2. The summed E-state index contributed by atoms with van der Waals surface area (Å²) in [6.45, 7) is 3.91. The van der Waals surface area contributed by atoms with Gasteiger partial charge in [0, 0.05) is 30.5 Å². The lowest BCUT2D eigenvalue weighted by Gasteiger charge is -2.16. The minimum atomic E-state index is -0.372. The predicted molar refractivity (Wildman–Crippen MR) is 74.1 cm³/mol. The van der Waals surface area contributed by atoms with E-state index < -0.39 is 0 Å². The quantitative estimate of drug-likeness (QED) is 0.893. The van der Waals surface area contributed by atoms with Gasteiger partial charge >= 0.3 is 0 Å². The molecule has 2 heterocycles. The summed E-state index contributed by atoms with van der Waals surface area (Å²) in [5.74, 6) is 0.0228. The molecule has 1 N–H and O–H groups in total. The minimum Gasteiger partial charge on any atom is -0.391 e. The van der Waals surface area contributed by atoms with Crippen molar-refractivity contribution in [2.45, 2.75) is 26.0 Å². The fourth-order valence-electron chi connectivity index (χ4n) is 2.82. The van der Waals surface area contributed by atoms with Gasteiger partial charge < -0.3 is 14.6 Å². The van der Waals surface area contributed by atoms with Crippen LogP contribution in [0.15, 0.2) is 30.3 Å². The van der Waals surface area contributed by atoms with Crippen molar-refractivity contribution in [3.8, 4) is 0 Å². The third kappa shape index (κ3) is 2.02. The van der Waals surface area contributed by atoms with E-state index in [1.807, 2.05) is 41.8 Å². The number of carbonyl (C=O) groups is 1. The molecule has 4 heteroatoms. The number of hydrogen-bond donors (Lipinski definition) is 1. The Morgan fingerprint density at radius 1 is 1.42 bits per heavy atom. The number of aryl methyl sites for hydroxylation is 1. The molecule has 0 bridgehead atoms. The summed E-state index contributed by atoms with van der Waals surface area (Å²) in [5, 5.41) is 10.7. The van der Waals surface area contributed by atoms with Crippen molar-refractivity contribution < 1.29 is 9.90 Å². The second kappa shape index (κ2) is 4.70. The lowest BCUT2D eigenvalue weighted by atomic mass is 10.2. The lowest BCUT2D eigenvalue weighted by molar-refractivity contribution is 0.0755. The number of aliphatic hydroxyl groups excluding tert-OH is 1. The zero-order valence-corrected chi connectivity index (χ0v) is 11.0. The first-order chi connectivity index (χ1) is 9.20. The fraction of sp³-hybridized carbons (Fsp3) is 0.400. The van der Waals surface area contributed by atoms with Crippen LogP contribution in [0.3, 0.4) is 0 Å². The highest BCUT2D eigenvalue weighted by Crippen LogP contribution is 2.22. The van der Waals surface area contributed by atoms with Crippen LogP contribution >= 0.6 is 0 Å². The maximum atomic E-state index is 12.5. The third-order valence-electron chi connectivity index (χ3n) is 3.80. The van der Waals surface area contributed by atoms with Crippen molar-refractivity contribution in [2.75, 3.05) is 13.1 Å². The Balaban J connectivity index is 2.02. The van der Waals surface area contributed by atoms with Crippen LogP contribution in [-0.4, -0.2) is 39.7 Å². The number of nitrogens with zero attached hydrogens (tertiary/aromatic N) is 2. The van der Waals surface area contributed by atoms with E-state index in [1.54, 1.807) is 4.90 Å². The average Bonchev–Trinajstić information content (AvgIpc) is 3.01. The largest absolute Gasteiger partial charge is 0.391 e. The monoisotopic (exact) mass is 258 g/mol. The molecule has 0 radical (unpaired) electrons. The van der Waals surface area contributed by atoms with Crippen LogP contribution < -0.4 is 0 Å². The van der Waals surface area contributed by atoms with E-state index >= 15 is 0 Å². The van der Waals surface area contributed by atoms with E-state index in [1.165, 1.54) is 0 Å². The molecule has 3 rings (SSSR count). The standard InChI is InChI=1S/C15H18N2O2/c1-2-17-13-6-4-3-5-11(13)9-14(17)15(19)16-8-7-12(18)10-16/h3-6,9,12,18H,2,7-8,10H2,1H3/t12-/m1/s1. The van der Waals surface area contributed by atoms with Gasteiger partial charge in [-0.05, 0) is 25.5 Å². The highest BCUT2D eigenvalue weighted by molar-refractivity contribution is 5.98. The number of hydrogen-bond acceptors (Lipinski definition) is 2. The lowest BCUT2D eigenvalue weighted by Crippen LogP contribution is -2.31. The van der Waals surface area contributed by atoms with E-state index in [0.29, 0.717) is 19.5 Å². The van der Waals surface area contributed by atoms with Crippen molar-refractivity contribution in [2.24, 2.45) is 0 Å². The first-order valence-corrected chi connectivity index (χ1v) is 6.76. The van der Waals surface area contributed by atoms with Crippen LogP contribution in [0.25, 0.3) is 10.9 Å². The number of fused-ring (bicyclic) bond motifs is 1.